The van der Waals surface area contributed by atoms with E-state index in [9.17, 15) is 9.18 Å². The van der Waals surface area contributed by atoms with Gasteiger partial charge in [0.15, 0.2) is 11.6 Å². The summed E-state index contributed by atoms with van der Waals surface area (Å²) >= 11 is 0. The topological polar surface area (TPSA) is 46.5 Å². The maximum atomic E-state index is 13.4. The largest absolute Gasteiger partial charge is 0.489 e. The molecule has 1 N–H and O–H groups in total. The molecule has 1 aromatic carbocycles. The van der Waals surface area contributed by atoms with Crippen LogP contribution in [0.15, 0.2) is 18.2 Å². The van der Waals surface area contributed by atoms with Crippen molar-refractivity contribution in [2.24, 2.45) is 5.92 Å². The van der Waals surface area contributed by atoms with Crippen molar-refractivity contribution in [2.75, 3.05) is 6.61 Å². The second-order valence-corrected chi connectivity index (χ2v) is 3.75. The SMILES string of the molecule is CCC(C)COc1c(F)cccc1C(=O)O. The van der Waals surface area contributed by atoms with Crippen molar-refractivity contribution in [3.63, 3.8) is 0 Å². The number of halogens is 1. The fraction of sp³-hybridized carbons (Fsp3) is 0.417. The van der Waals surface area contributed by atoms with E-state index in [-0.39, 0.29) is 17.2 Å². The van der Waals surface area contributed by atoms with Crippen LogP contribution in [0.5, 0.6) is 5.75 Å². The minimum atomic E-state index is -1.18. The molecule has 0 amide bonds. The van der Waals surface area contributed by atoms with E-state index in [1.807, 2.05) is 13.8 Å². The molecule has 16 heavy (non-hydrogen) atoms. The molecule has 88 valence electrons. The molecule has 0 bridgehead atoms. The van der Waals surface area contributed by atoms with E-state index in [1.54, 1.807) is 0 Å². The van der Waals surface area contributed by atoms with E-state index in [0.717, 1.165) is 6.42 Å². The number of ether oxygens (including phenoxy) is 1. The molecule has 0 saturated heterocycles. The lowest BCUT2D eigenvalue weighted by molar-refractivity contribution is 0.0690. The van der Waals surface area contributed by atoms with Crippen molar-refractivity contribution in [2.45, 2.75) is 20.3 Å². The van der Waals surface area contributed by atoms with Gasteiger partial charge in [0.25, 0.3) is 0 Å². The van der Waals surface area contributed by atoms with Crippen LogP contribution >= 0.6 is 0 Å². The standard InChI is InChI=1S/C12H15FO3/c1-3-8(2)7-16-11-9(12(14)15)5-4-6-10(11)13/h4-6,8H,3,7H2,1-2H3,(H,14,15). The number of carbonyl (C=O) groups is 1. The van der Waals surface area contributed by atoms with Gasteiger partial charge >= 0.3 is 5.97 Å². The van der Waals surface area contributed by atoms with Gasteiger partial charge in [0.2, 0.25) is 0 Å². The van der Waals surface area contributed by atoms with Crippen LogP contribution in [0, 0.1) is 11.7 Å². The van der Waals surface area contributed by atoms with Gasteiger partial charge in [0.05, 0.1) is 6.61 Å². The minimum absolute atomic E-state index is 0.136. The molecule has 0 aliphatic carbocycles. The molecular weight excluding hydrogens is 211 g/mol. The Morgan fingerprint density at radius 1 is 1.56 bits per heavy atom. The van der Waals surface area contributed by atoms with Crippen LogP contribution in [0.3, 0.4) is 0 Å². The maximum Gasteiger partial charge on any atom is 0.339 e. The molecule has 1 aromatic rings. The third kappa shape index (κ3) is 2.95. The Bertz CT molecular complexity index is 377. The van der Waals surface area contributed by atoms with Crippen molar-refractivity contribution in [1.29, 1.82) is 0 Å². The average molecular weight is 226 g/mol. The van der Waals surface area contributed by atoms with E-state index >= 15 is 0 Å². The molecule has 0 aliphatic rings. The first kappa shape index (κ1) is 12.5. The molecule has 1 unspecified atom stereocenters. The van der Waals surface area contributed by atoms with Gasteiger partial charge in [0.1, 0.15) is 5.56 Å². The highest BCUT2D eigenvalue weighted by molar-refractivity contribution is 5.90. The van der Waals surface area contributed by atoms with E-state index < -0.39 is 11.8 Å². The molecule has 0 spiro atoms. The Balaban J connectivity index is 2.88. The third-order valence-electron chi connectivity index (χ3n) is 2.41. The Hall–Kier alpha value is -1.58. The molecule has 0 aromatic heterocycles. The smallest absolute Gasteiger partial charge is 0.339 e. The first-order valence-corrected chi connectivity index (χ1v) is 5.20. The van der Waals surface area contributed by atoms with Crippen LogP contribution in [0.25, 0.3) is 0 Å². The molecular formula is C12H15FO3. The summed E-state index contributed by atoms with van der Waals surface area (Å²) in [5.41, 5.74) is -0.136. The molecule has 1 atom stereocenters. The van der Waals surface area contributed by atoms with Gasteiger partial charge in [-0.1, -0.05) is 26.3 Å². The maximum absolute atomic E-state index is 13.4. The summed E-state index contributed by atoms with van der Waals surface area (Å²) in [5, 5.41) is 8.87. The quantitative estimate of drug-likeness (QED) is 0.839. The number of carboxylic acid groups (broad SMARTS) is 1. The van der Waals surface area contributed by atoms with Crippen molar-refractivity contribution in [1.82, 2.24) is 0 Å². The Morgan fingerprint density at radius 3 is 2.81 bits per heavy atom. The van der Waals surface area contributed by atoms with Crippen LogP contribution < -0.4 is 4.74 Å². The Morgan fingerprint density at radius 2 is 2.25 bits per heavy atom. The van der Waals surface area contributed by atoms with Crippen LogP contribution in [0.2, 0.25) is 0 Å². The fourth-order valence-electron chi connectivity index (χ4n) is 1.17. The predicted octanol–water partition coefficient (Wildman–Crippen LogP) is 2.95. The fourth-order valence-corrected chi connectivity index (χ4v) is 1.17. The summed E-state index contributed by atoms with van der Waals surface area (Å²) < 4.78 is 18.6. The number of benzene rings is 1. The number of aromatic carboxylic acids is 1. The number of carboxylic acids is 1. The molecule has 0 radical (unpaired) electrons. The van der Waals surface area contributed by atoms with Crippen LogP contribution in [-0.2, 0) is 0 Å². The number of hydrogen-bond donors (Lipinski definition) is 1. The van der Waals surface area contributed by atoms with Crippen LogP contribution in [-0.4, -0.2) is 17.7 Å². The highest BCUT2D eigenvalue weighted by Crippen LogP contribution is 2.23. The highest BCUT2D eigenvalue weighted by atomic mass is 19.1. The van der Waals surface area contributed by atoms with Crippen molar-refractivity contribution in [3.05, 3.63) is 29.6 Å². The Labute approximate surface area is 93.9 Å². The summed E-state index contributed by atoms with van der Waals surface area (Å²) in [6.45, 7) is 4.27. The molecule has 3 nitrogen and oxygen atoms in total. The zero-order valence-corrected chi connectivity index (χ0v) is 9.37. The summed E-state index contributed by atoms with van der Waals surface area (Å²) in [7, 11) is 0. The van der Waals surface area contributed by atoms with Gasteiger partial charge in [-0.15, -0.1) is 0 Å². The molecule has 0 saturated carbocycles. The second kappa shape index (κ2) is 5.49. The van der Waals surface area contributed by atoms with Gasteiger partial charge in [-0.05, 0) is 18.1 Å². The van der Waals surface area contributed by atoms with Gasteiger partial charge in [-0.2, -0.15) is 0 Å². The minimum Gasteiger partial charge on any atom is -0.489 e. The van der Waals surface area contributed by atoms with E-state index in [1.165, 1.54) is 18.2 Å². The van der Waals surface area contributed by atoms with Crippen molar-refractivity contribution >= 4 is 5.97 Å². The summed E-state index contributed by atoms with van der Waals surface area (Å²) in [6, 6.07) is 3.88. The zero-order valence-electron chi connectivity index (χ0n) is 9.37. The van der Waals surface area contributed by atoms with Gasteiger partial charge in [-0.25, -0.2) is 9.18 Å². The average Bonchev–Trinajstić information content (AvgIpc) is 2.26. The van der Waals surface area contributed by atoms with Gasteiger partial charge < -0.3 is 9.84 Å². The molecule has 1 rings (SSSR count). The van der Waals surface area contributed by atoms with E-state index in [0.29, 0.717) is 6.61 Å². The Kier molecular flexibility index (Phi) is 4.28. The normalized spacial score (nSPS) is 12.2. The van der Waals surface area contributed by atoms with E-state index in [4.69, 9.17) is 9.84 Å². The number of hydrogen-bond acceptors (Lipinski definition) is 2. The zero-order chi connectivity index (χ0) is 12.1. The van der Waals surface area contributed by atoms with Crippen LogP contribution in [0.4, 0.5) is 4.39 Å². The molecule has 0 aliphatic heterocycles. The van der Waals surface area contributed by atoms with Gasteiger partial charge in [-0.3, -0.25) is 0 Å². The van der Waals surface area contributed by atoms with Crippen LogP contribution in [0.1, 0.15) is 30.6 Å². The molecule has 0 fully saturated rings. The summed E-state index contributed by atoms with van der Waals surface area (Å²) in [6.07, 6.45) is 0.900. The lowest BCUT2D eigenvalue weighted by atomic mass is 10.1. The van der Waals surface area contributed by atoms with E-state index in [2.05, 4.69) is 0 Å². The first-order valence-electron chi connectivity index (χ1n) is 5.20. The summed E-state index contributed by atoms with van der Waals surface area (Å²) in [4.78, 5) is 10.8. The monoisotopic (exact) mass is 226 g/mol. The highest BCUT2D eigenvalue weighted by Gasteiger charge is 2.16. The molecule has 4 heteroatoms. The third-order valence-corrected chi connectivity index (χ3v) is 2.41. The van der Waals surface area contributed by atoms with Crippen molar-refractivity contribution in [3.8, 4) is 5.75 Å². The summed E-state index contributed by atoms with van der Waals surface area (Å²) in [5.74, 6) is -1.72. The number of rotatable bonds is 5. The van der Waals surface area contributed by atoms with Crippen molar-refractivity contribution < 1.29 is 19.0 Å². The first-order chi connectivity index (χ1) is 7.56. The lowest BCUT2D eigenvalue weighted by Crippen LogP contribution is -2.11. The predicted molar refractivity (Wildman–Crippen MR) is 58.3 cm³/mol. The van der Waals surface area contributed by atoms with Gasteiger partial charge in [0, 0.05) is 0 Å². The lowest BCUT2D eigenvalue weighted by Gasteiger charge is -2.13. The molecule has 0 heterocycles. The number of para-hydroxylation sites is 1. The second-order valence-electron chi connectivity index (χ2n) is 3.75.